The van der Waals surface area contributed by atoms with Crippen molar-refractivity contribution < 1.29 is 8.78 Å². The van der Waals surface area contributed by atoms with Gasteiger partial charge in [-0.2, -0.15) is 0 Å². The molecule has 0 aliphatic carbocycles. The van der Waals surface area contributed by atoms with Crippen molar-refractivity contribution in [1.29, 1.82) is 5.41 Å². The molecular weight excluding hydrogens is 298 g/mol. The Labute approximate surface area is 105 Å². The first kappa shape index (κ1) is 13.1. The van der Waals surface area contributed by atoms with E-state index in [4.69, 9.17) is 5.41 Å². The summed E-state index contributed by atoms with van der Waals surface area (Å²) in [6.07, 6.45) is 1.58. The Morgan fingerprint density at radius 1 is 1.44 bits per heavy atom. The summed E-state index contributed by atoms with van der Waals surface area (Å²) in [6.45, 7) is 3.88. The number of hydrogen-bond acceptors (Lipinski definition) is 2. The molecule has 0 spiro atoms. The van der Waals surface area contributed by atoms with Gasteiger partial charge < -0.3 is 4.57 Å². The van der Waals surface area contributed by atoms with Gasteiger partial charge in [0.25, 0.3) is 0 Å². The fourth-order valence-electron chi connectivity index (χ4n) is 1.45. The summed E-state index contributed by atoms with van der Waals surface area (Å²) >= 11 is 1.05. The zero-order chi connectivity index (χ0) is 11.0. The second kappa shape index (κ2) is 4.88. The number of hydrogen-bond donors (Lipinski definition) is 1. The number of rotatable bonds is 2. The zero-order valence-corrected chi connectivity index (χ0v) is 10.7. The summed E-state index contributed by atoms with van der Waals surface area (Å²) in [5, 5.41) is 7.61. The molecule has 0 saturated heterocycles. The van der Waals surface area contributed by atoms with Gasteiger partial charge in [0.05, 0.1) is 10.2 Å². The van der Waals surface area contributed by atoms with Crippen LogP contribution in [0.3, 0.4) is 0 Å². The molecular formula is C10H9BrF2N2S. The largest absolute Gasteiger partial charge is 0.311 e. The summed E-state index contributed by atoms with van der Waals surface area (Å²) in [4.78, 5) is 0.189. The number of halogens is 3. The van der Waals surface area contributed by atoms with Crippen LogP contribution in [0, 0.1) is 17.0 Å². The van der Waals surface area contributed by atoms with Crippen LogP contribution in [0.5, 0.6) is 0 Å². The molecule has 1 N–H and O–H groups in total. The second-order valence-electron chi connectivity index (χ2n) is 3.04. The molecule has 0 unspecified atom stereocenters. The molecule has 0 aliphatic rings. The molecule has 2 nitrogen and oxygen atoms in total. The highest BCUT2D eigenvalue weighted by atomic mass is 79.9. The lowest BCUT2D eigenvalue weighted by atomic mass is 10.3. The monoisotopic (exact) mass is 306 g/mol. The van der Waals surface area contributed by atoms with Gasteiger partial charge >= 0.3 is 0 Å². The van der Waals surface area contributed by atoms with Crippen molar-refractivity contribution in [3.05, 3.63) is 41.2 Å². The van der Waals surface area contributed by atoms with E-state index in [1.54, 1.807) is 6.08 Å². The summed E-state index contributed by atoms with van der Waals surface area (Å²) in [7, 11) is 0. The zero-order valence-electron chi connectivity index (χ0n) is 8.17. The highest BCUT2D eigenvalue weighted by Crippen LogP contribution is 2.21. The van der Waals surface area contributed by atoms with Crippen LogP contribution in [0.2, 0.25) is 0 Å². The van der Waals surface area contributed by atoms with Gasteiger partial charge in [0, 0.05) is 12.6 Å². The molecule has 0 fully saturated rings. The van der Waals surface area contributed by atoms with Gasteiger partial charge in [-0.15, -0.1) is 23.6 Å². The molecule has 0 atom stereocenters. The predicted molar refractivity (Wildman–Crippen MR) is 66.1 cm³/mol. The average Bonchev–Trinajstić information content (AvgIpc) is 2.43. The van der Waals surface area contributed by atoms with Crippen molar-refractivity contribution in [2.75, 3.05) is 0 Å². The van der Waals surface area contributed by atoms with Crippen LogP contribution in [0.4, 0.5) is 8.78 Å². The first-order chi connectivity index (χ1) is 7.13. The highest BCUT2D eigenvalue weighted by Gasteiger charge is 2.10. The molecule has 0 bridgehead atoms. The number of fused-ring (bicyclic) bond motifs is 1. The third-order valence-electron chi connectivity index (χ3n) is 2.03. The molecule has 0 radical (unpaired) electrons. The van der Waals surface area contributed by atoms with E-state index in [0.29, 0.717) is 11.2 Å². The Hall–Kier alpha value is -1.01. The average molecular weight is 307 g/mol. The second-order valence-corrected chi connectivity index (χ2v) is 4.07. The van der Waals surface area contributed by atoms with Gasteiger partial charge in [-0.25, -0.2) is 8.78 Å². The Kier molecular flexibility index (Phi) is 3.98. The van der Waals surface area contributed by atoms with Crippen LogP contribution < -0.4 is 4.80 Å². The molecule has 0 aliphatic heterocycles. The van der Waals surface area contributed by atoms with Crippen LogP contribution in [0.25, 0.3) is 10.2 Å². The lowest BCUT2D eigenvalue weighted by molar-refractivity contribution is 0.586. The Morgan fingerprint density at radius 3 is 2.75 bits per heavy atom. The maximum absolute atomic E-state index is 13.5. The third kappa shape index (κ3) is 2.08. The Balaban J connectivity index is 0.00000128. The van der Waals surface area contributed by atoms with E-state index in [2.05, 4.69) is 6.58 Å². The quantitative estimate of drug-likeness (QED) is 0.826. The SMILES string of the molecule is Br.C=CCn1c(=N)sc2cc(F)cc(F)c21. The molecule has 1 aromatic heterocycles. The lowest BCUT2D eigenvalue weighted by Crippen LogP contribution is -2.12. The van der Waals surface area contributed by atoms with Crippen LogP contribution in [-0.2, 0) is 6.54 Å². The molecule has 2 aromatic rings. The standard InChI is InChI=1S/C10H8F2N2S.BrH/c1-2-3-14-9-7(12)4-6(11)5-8(9)15-10(14)13;/h2,4-5,13H,1,3H2;1H. The number of benzene rings is 1. The maximum atomic E-state index is 13.5. The van der Waals surface area contributed by atoms with Crippen molar-refractivity contribution in [2.45, 2.75) is 6.54 Å². The molecule has 16 heavy (non-hydrogen) atoms. The summed E-state index contributed by atoms with van der Waals surface area (Å²) in [6, 6.07) is 2.06. The maximum Gasteiger partial charge on any atom is 0.183 e. The van der Waals surface area contributed by atoms with Crippen molar-refractivity contribution >= 4 is 38.5 Å². The van der Waals surface area contributed by atoms with Crippen molar-refractivity contribution in [3.8, 4) is 0 Å². The van der Waals surface area contributed by atoms with E-state index in [0.717, 1.165) is 17.4 Å². The fourth-order valence-corrected chi connectivity index (χ4v) is 2.41. The number of allylic oxidation sites excluding steroid dienone is 1. The van der Waals surface area contributed by atoms with Gasteiger partial charge in [-0.1, -0.05) is 17.4 Å². The molecule has 0 amide bonds. The summed E-state index contributed by atoms with van der Waals surface area (Å²) in [5.74, 6) is -1.26. The molecule has 1 aromatic carbocycles. The van der Waals surface area contributed by atoms with Gasteiger partial charge in [0.15, 0.2) is 10.6 Å². The molecule has 6 heteroatoms. The first-order valence-electron chi connectivity index (χ1n) is 4.27. The Morgan fingerprint density at radius 2 is 2.12 bits per heavy atom. The van der Waals surface area contributed by atoms with Crippen LogP contribution >= 0.6 is 28.3 Å². The summed E-state index contributed by atoms with van der Waals surface area (Å²) < 4.78 is 28.3. The third-order valence-corrected chi connectivity index (χ3v) is 2.97. The number of thiazole rings is 1. The van der Waals surface area contributed by atoms with Gasteiger partial charge in [-0.3, -0.25) is 5.41 Å². The minimum Gasteiger partial charge on any atom is -0.311 e. The van der Waals surface area contributed by atoms with Crippen LogP contribution in [0.1, 0.15) is 0 Å². The molecule has 1 heterocycles. The molecule has 86 valence electrons. The number of aromatic nitrogens is 1. The Bertz CT molecular complexity index is 588. The smallest absolute Gasteiger partial charge is 0.183 e. The minimum atomic E-state index is -0.637. The number of nitrogens with zero attached hydrogens (tertiary/aromatic N) is 1. The first-order valence-corrected chi connectivity index (χ1v) is 5.09. The van der Waals surface area contributed by atoms with Crippen molar-refractivity contribution in [3.63, 3.8) is 0 Å². The normalized spacial score (nSPS) is 10.1. The van der Waals surface area contributed by atoms with E-state index in [9.17, 15) is 8.78 Å². The van der Waals surface area contributed by atoms with E-state index in [1.807, 2.05) is 0 Å². The van der Waals surface area contributed by atoms with Crippen molar-refractivity contribution in [1.82, 2.24) is 4.57 Å². The molecule has 0 saturated carbocycles. The lowest BCUT2D eigenvalue weighted by Gasteiger charge is -2.01. The van der Waals surface area contributed by atoms with E-state index in [-0.39, 0.29) is 27.3 Å². The van der Waals surface area contributed by atoms with Gasteiger partial charge in [-0.05, 0) is 6.07 Å². The topological polar surface area (TPSA) is 28.8 Å². The minimum absolute atomic E-state index is 0. The summed E-state index contributed by atoms with van der Waals surface area (Å²) in [5.41, 5.74) is 0.270. The highest BCUT2D eigenvalue weighted by molar-refractivity contribution is 8.93. The van der Waals surface area contributed by atoms with Gasteiger partial charge in [0.1, 0.15) is 5.82 Å². The molecule has 2 rings (SSSR count). The van der Waals surface area contributed by atoms with E-state index in [1.165, 1.54) is 10.6 Å². The predicted octanol–water partition coefficient (Wildman–Crippen LogP) is 3.22. The van der Waals surface area contributed by atoms with Crippen LogP contribution in [0.15, 0.2) is 24.8 Å². The van der Waals surface area contributed by atoms with E-state index < -0.39 is 11.6 Å². The van der Waals surface area contributed by atoms with Gasteiger partial charge in [0.2, 0.25) is 0 Å². The van der Waals surface area contributed by atoms with Crippen LogP contribution in [-0.4, -0.2) is 4.57 Å². The fraction of sp³-hybridized carbons (Fsp3) is 0.100. The number of nitrogens with one attached hydrogen (secondary N) is 1. The van der Waals surface area contributed by atoms with Crippen molar-refractivity contribution in [2.24, 2.45) is 0 Å². The van der Waals surface area contributed by atoms with E-state index >= 15 is 0 Å².